The Morgan fingerprint density at radius 2 is 1.82 bits per heavy atom. The summed E-state index contributed by atoms with van der Waals surface area (Å²) in [5.74, 6) is 0. The molecule has 0 aliphatic carbocycles. The summed E-state index contributed by atoms with van der Waals surface area (Å²) in [6, 6.07) is 6.05. The quantitative estimate of drug-likeness (QED) is 0.744. The Morgan fingerprint density at radius 3 is 2.41 bits per heavy atom. The van der Waals surface area contributed by atoms with Gasteiger partial charge in [-0.25, -0.2) is 0 Å². The number of rotatable bonds is 7. The third-order valence-corrected chi connectivity index (χ3v) is 2.89. The molecule has 0 heterocycles. The van der Waals surface area contributed by atoms with E-state index in [0.29, 0.717) is 16.1 Å². The van der Waals surface area contributed by atoms with E-state index in [4.69, 9.17) is 23.2 Å². The lowest BCUT2D eigenvalue weighted by Gasteiger charge is -2.14. The van der Waals surface area contributed by atoms with Crippen LogP contribution in [0.3, 0.4) is 0 Å². The molecular formula is C13H20Cl2N2. The molecule has 2 nitrogen and oxygen atoms in total. The van der Waals surface area contributed by atoms with Crippen LogP contribution in [-0.2, 0) is 6.54 Å². The number of hydrogen-bond donors (Lipinski definition) is 2. The first-order valence-electron chi connectivity index (χ1n) is 6.01. The molecule has 1 aromatic rings. The summed E-state index contributed by atoms with van der Waals surface area (Å²) >= 11 is 11.9. The predicted octanol–water partition coefficient (Wildman–Crippen LogP) is 3.47. The standard InChI is InChI=1S/C13H20Cl2N2/c1-3-4-16-8-10(2)17-9-11-5-12(14)7-13(15)6-11/h5-7,10,16-17H,3-4,8-9H2,1-2H3. The summed E-state index contributed by atoms with van der Waals surface area (Å²) in [5.41, 5.74) is 1.12. The Bertz CT molecular complexity index is 322. The molecule has 0 saturated heterocycles. The second kappa shape index (κ2) is 7.93. The highest BCUT2D eigenvalue weighted by Gasteiger charge is 2.02. The smallest absolute Gasteiger partial charge is 0.0424 e. The fourth-order valence-corrected chi connectivity index (χ4v) is 2.14. The average molecular weight is 275 g/mol. The van der Waals surface area contributed by atoms with E-state index >= 15 is 0 Å². The van der Waals surface area contributed by atoms with E-state index < -0.39 is 0 Å². The molecule has 0 saturated carbocycles. The third kappa shape index (κ3) is 6.27. The van der Waals surface area contributed by atoms with Crippen molar-refractivity contribution in [2.75, 3.05) is 13.1 Å². The zero-order valence-electron chi connectivity index (χ0n) is 10.4. The Balaban J connectivity index is 2.34. The molecule has 4 heteroatoms. The second-order valence-corrected chi connectivity index (χ2v) is 5.14. The molecule has 1 unspecified atom stereocenters. The molecule has 1 aromatic carbocycles. The topological polar surface area (TPSA) is 24.1 Å². The van der Waals surface area contributed by atoms with E-state index in [9.17, 15) is 0 Å². The first kappa shape index (κ1) is 14.8. The van der Waals surface area contributed by atoms with Crippen LogP contribution in [0.2, 0.25) is 10.0 Å². The van der Waals surface area contributed by atoms with Crippen LogP contribution in [0.25, 0.3) is 0 Å². The molecule has 0 radical (unpaired) electrons. The summed E-state index contributed by atoms with van der Waals surface area (Å²) in [6.07, 6.45) is 1.16. The summed E-state index contributed by atoms with van der Waals surface area (Å²) in [4.78, 5) is 0. The van der Waals surface area contributed by atoms with Crippen LogP contribution >= 0.6 is 23.2 Å². The molecule has 0 aliphatic rings. The normalized spacial score (nSPS) is 12.7. The largest absolute Gasteiger partial charge is 0.315 e. The van der Waals surface area contributed by atoms with Gasteiger partial charge in [0.05, 0.1) is 0 Å². The van der Waals surface area contributed by atoms with Gasteiger partial charge in [0, 0.05) is 29.2 Å². The highest BCUT2D eigenvalue weighted by molar-refractivity contribution is 6.34. The van der Waals surface area contributed by atoms with Crippen molar-refractivity contribution in [1.82, 2.24) is 10.6 Å². The minimum Gasteiger partial charge on any atom is -0.315 e. The van der Waals surface area contributed by atoms with Crippen molar-refractivity contribution in [3.8, 4) is 0 Å². The van der Waals surface area contributed by atoms with Crippen LogP contribution in [0.15, 0.2) is 18.2 Å². The summed E-state index contributed by atoms with van der Waals surface area (Å²) in [7, 11) is 0. The molecule has 0 bridgehead atoms. The zero-order chi connectivity index (χ0) is 12.7. The maximum Gasteiger partial charge on any atom is 0.0424 e. The SMILES string of the molecule is CCCNCC(C)NCc1cc(Cl)cc(Cl)c1. The van der Waals surface area contributed by atoms with Gasteiger partial charge < -0.3 is 10.6 Å². The van der Waals surface area contributed by atoms with Crippen molar-refractivity contribution in [2.45, 2.75) is 32.9 Å². The Morgan fingerprint density at radius 1 is 1.18 bits per heavy atom. The van der Waals surface area contributed by atoms with Crippen molar-refractivity contribution < 1.29 is 0 Å². The van der Waals surface area contributed by atoms with Crippen LogP contribution < -0.4 is 10.6 Å². The number of benzene rings is 1. The van der Waals surface area contributed by atoms with Crippen molar-refractivity contribution in [2.24, 2.45) is 0 Å². The maximum atomic E-state index is 5.94. The van der Waals surface area contributed by atoms with Crippen molar-refractivity contribution in [1.29, 1.82) is 0 Å². The lowest BCUT2D eigenvalue weighted by Crippen LogP contribution is -2.36. The summed E-state index contributed by atoms with van der Waals surface area (Å²) in [5, 5.41) is 8.18. The first-order chi connectivity index (χ1) is 8.11. The maximum absolute atomic E-state index is 5.94. The molecular weight excluding hydrogens is 255 g/mol. The predicted molar refractivity (Wildman–Crippen MR) is 75.9 cm³/mol. The highest BCUT2D eigenvalue weighted by atomic mass is 35.5. The van der Waals surface area contributed by atoms with Gasteiger partial charge in [0.1, 0.15) is 0 Å². The Labute approximate surface area is 114 Å². The van der Waals surface area contributed by atoms with Crippen LogP contribution in [0.5, 0.6) is 0 Å². The lowest BCUT2D eigenvalue weighted by molar-refractivity contribution is 0.501. The molecule has 0 aromatic heterocycles. The highest BCUT2D eigenvalue weighted by Crippen LogP contribution is 2.18. The second-order valence-electron chi connectivity index (χ2n) is 4.26. The molecule has 96 valence electrons. The zero-order valence-corrected chi connectivity index (χ0v) is 11.9. The van der Waals surface area contributed by atoms with Gasteiger partial charge in [-0.2, -0.15) is 0 Å². The number of halogens is 2. The van der Waals surface area contributed by atoms with E-state index in [0.717, 1.165) is 31.6 Å². The molecule has 0 aliphatic heterocycles. The summed E-state index contributed by atoms with van der Waals surface area (Å²) < 4.78 is 0. The van der Waals surface area contributed by atoms with Crippen LogP contribution in [0, 0.1) is 0 Å². The number of nitrogens with one attached hydrogen (secondary N) is 2. The van der Waals surface area contributed by atoms with Crippen LogP contribution in [0.4, 0.5) is 0 Å². The van der Waals surface area contributed by atoms with Gasteiger partial charge in [0.2, 0.25) is 0 Å². The monoisotopic (exact) mass is 274 g/mol. The summed E-state index contributed by atoms with van der Waals surface area (Å²) in [6.45, 7) is 7.15. The van der Waals surface area contributed by atoms with Gasteiger partial charge in [0.15, 0.2) is 0 Å². The van der Waals surface area contributed by atoms with E-state index in [1.807, 2.05) is 12.1 Å². The molecule has 2 N–H and O–H groups in total. The Hall–Kier alpha value is -0.280. The van der Waals surface area contributed by atoms with Gasteiger partial charge >= 0.3 is 0 Å². The van der Waals surface area contributed by atoms with Crippen LogP contribution in [0.1, 0.15) is 25.8 Å². The fraction of sp³-hybridized carbons (Fsp3) is 0.538. The molecule has 17 heavy (non-hydrogen) atoms. The molecule has 0 spiro atoms. The van der Waals surface area contributed by atoms with Crippen molar-refractivity contribution in [3.63, 3.8) is 0 Å². The van der Waals surface area contributed by atoms with Gasteiger partial charge in [-0.1, -0.05) is 30.1 Å². The number of hydrogen-bond acceptors (Lipinski definition) is 2. The molecule has 0 fully saturated rings. The Kier molecular flexibility index (Phi) is 6.90. The van der Waals surface area contributed by atoms with Gasteiger partial charge in [-0.05, 0) is 43.7 Å². The van der Waals surface area contributed by atoms with Crippen LogP contribution in [-0.4, -0.2) is 19.1 Å². The van der Waals surface area contributed by atoms with E-state index in [2.05, 4.69) is 24.5 Å². The van der Waals surface area contributed by atoms with E-state index in [1.165, 1.54) is 0 Å². The lowest BCUT2D eigenvalue weighted by atomic mass is 10.2. The van der Waals surface area contributed by atoms with Crippen molar-refractivity contribution in [3.05, 3.63) is 33.8 Å². The minimum absolute atomic E-state index is 0.430. The van der Waals surface area contributed by atoms with Crippen molar-refractivity contribution >= 4 is 23.2 Å². The third-order valence-electron chi connectivity index (χ3n) is 2.45. The average Bonchev–Trinajstić information content (AvgIpc) is 2.25. The van der Waals surface area contributed by atoms with Gasteiger partial charge in [-0.15, -0.1) is 0 Å². The first-order valence-corrected chi connectivity index (χ1v) is 6.76. The minimum atomic E-state index is 0.430. The fourth-order valence-electron chi connectivity index (χ4n) is 1.57. The van der Waals surface area contributed by atoms with E-state index in [-0.39, 0.29) is 0 Å². The van der Waals surface area contributed by atoms with Gasteiger partial charge in [-0.3, -0.25) is 0 Å². The van der Waals surface area contributed by atoms with Gasteiger partial charge in [0.25, 0.3) is 0 Å². The molecule has 1 atom stereocenters. The molecule has 0 amide bonds. The molecule has 1 rings (SSSR count). The van der Waals surface area contributed by atoms with E-state index in [1.54, 1.807) is 6.07 Å².